The number of nitrogens with two attached hydrogens (primary N) is 1. The third-order valence-electron chi connectivity index (χ3n) is 6.48. The summed E-state index contributed by atoms with van der Waals surface area (Å²) in [5, 5.41) is 6.35. The third-order valence-corrected chi connectivity index (χ3v) is 6.48. The van der Waals surface area contributed by atoms with Gasteiger partial charge in [-0.25, -0.2) is 15.0 Å². The molecule has 1 aliphatic heterocycles. The molecule has 9 heteroatoms. The summed E-state index contributed by atoms with van der Waals surface area (Å²) in [6.45, 7) is 3.29. The first-order valence-corrected chi connectivity index (χ1v) is 12.4. The normalized spacial score (nSPS) is 17.5. The molecule has 0 radical (unpaired) electrons. The fourth-order valence-corrected chi connectivity index (χ4v) is 4.69. The van der Waals surface area contributed by atoms with Crippen LogP contribution in [0.3, 0.4) is 0 Å². The van der Waals surface area contributed by atoms with Crippen molar-refractivity contribution in [3.63, 3.8) is 0 Å². The molecule has 2 aromatic carbocycles. The van der Waals surface area contributed by atoms with Crippen LogP contribution in [-0.2, 0) is 16.1 Å². The number of hydrogen-bond acceptors (Lipinski definition) is 7. The van der Waals surface area contributed by atoms with E-state index in [0.29, 0.717) is 48.7 Å². The molecule has 0 spiro atoms. The number of ether oxygens (including phenoxy) is 1. The van der Waals surface area contributed by atoms with Gasteiger partial charge in [0.1, 0.15) is 18.2 Å². The average Bonchev–Trinajstić information content (AvgIpc) is 3.57. The molecule has 186 valence electrons. The molecule has 1 fully saturated rings. The number of rotatable bonds is 9. The minimum Gasteiger partial charge on any atom is -0.367 e. The molecule has 4 N–H and O–H groups in total. The zero-order chi connectivity index (χ0) is 24.9. The Morgan fingerprint density at radius 1 is 1.08 bits per heavy atom. The van der Waals surface area contributed by atoms with Crippen molar-refractivity contribution in [2.45, 2.75) is 44.6 Å². The number of anilines is 1. The number of benzene rings is 2. The standard InChI is InChI=1S/C27H31N7O2/c1-2-29-27(35)21-13-14-23(36-21)34-17-31-24-25(32-22(15-28)33-26(24)34)30-16-20(18-9-5-3-6-10-18)19-11-7-4-8-12-19/h3-12,17,20-21,23H,2,13-16,28H2,1H3,(H,29,35)(H,30,32,33)/t21-,23+/m0/s1. The molecular formula is C27H31N7O2. The molecule has 4 aromatic rings. The maximum absolute atomic E-state index is 12.2. The second-order valence-electron chi connectivity index (χ2n) is 8.82. The number of fused-ring (bicyclic) bond motifs is 1. The summed E-state index contributed by atoms with van der Waals surface area (Å²) < 4.78 is 7.94. The van der Waals surface area contributed by atoms with Crippen LogP contribution < -0.4 is 16.4 Å². The lowest BCUT2D eigenvalue weighted by molar-refractivity contribution is -0.133. The summed E-state index contributed by atoms with van der Waals surface area (Å²) in [5.41, 5.74) is 9.66. The number of carbonyl (C=O) groups excluding carboxylic acids is 1. The van der Waals surface area contributed by atoms with Gasteiger partial charge < -0.3 is 21.1 Å². The van der Waals surface area contributed by atoms with E-state index in [4.69, 9.17) is 10.5 Å². The Morgan fingerprint density at radius 2 is 1.78 bits per heavy atom. The molecular weight excluding hydrogens is 454 g/mol. The van der Waals surface area contributed by atoms with E-state index < -0.39 is 6.10 Å². The zero-order valence-corrected chi connectivity index (χ0v) is 20.3. The van der Waals surface area contributed by atoms with E-state index in [2.05, 4.69) is 74.1 Å². The minimum absolute atomic E-state index is 0.0862. The summed E-state index contributed by atoms with van der Waals surface area (Å²) in [6.07, 6.45) is 2.26. The summed E-state index contributed by atoms with van der Waals surface area (Å²) >= 11 is 0. The topological polar surface area (TPSA) is 120 Å². The number of aromatic nitrogens is 4. The van der Waals surface area contributed by atoms with Crippen molar-refractivity contribution in [1.29, 1.82) is 0 Å². The van der Waals surface area contributed by atoms with E-state index in [1.54, 1.807) is 6.33 Å². The number of carbonyl (C=O) groups is 1. The van der Waals surface area contributed by atoms with Crippen LogP contribution in [-0.4, -0.2) is 44.6 Å². The number of nitrogens with zero attached hydrogens (tertiary/aromatic N) is 4. The van der Waals surface area contributed by atoms with Gasteiger partial charge in [-0.1, -0.05) is 60.7 Å². The van der Waals surface area contributed by atoms with Crippen molar-refractivity contribution in [1.82, 2.24) is 24.8 Å². The minimum atomic E-state index is -0.474. The van der Waals surface area contributed by atoms with Crippen molar-refractivity contribution >= 4 is 22.9 Å². The van der Waals surface area contributed by atoms with E-state index in [-0.39, 0.29) is 24.6 Å². The quantitative estimate of drug-likeness (QED) is 0.333. The van der Waals surface area contributed by atoms with Gasteiger partial charge in [-0.15, -0.1) is 0 Å². The fraction of sp³-hybridized carbons (Fsp3) is 0.333. The van der Waals surface area contributed by atoms with E-state index in [9.17, 15) is 4.79 Å². The van der Waals surface area contributed by atoms with Crippen molar-refractivity contribution in [3.8, 4) is 0 Å². The Kier molecular flexibility index (Phi) is 7.20. The lowest BCUT2D eigenvalue weighted by atomic mass is 9.91. The van der Waals surface area contributed by atoms with Crippen LogP contribution in [0.4, 0.5) is 5.82 Å². The van der Waals surface area contributed by atoms with Gasteiger partial charge in [0.05, 0.1) is 12.9 Å². The highest BCUT2D eigenvalue weighted by atomic mass is 16.5. The monoisotopic (exact) mass is 485 g/mol. The van der Waals surface area contributed by atoms with Gasteiger partial charge in [-0.05, 0) is 30.9 Å². The summed E-state index contributed by atoms with van der Waals surface area (Å²) in [5.74, 6) is 1.18. The highest BCUT2D eigenvalue weighted by Gasteiger charge is 2.32. The molecule has 0 unspecified atom stereocenters. The lowest BCUT2D eigenvalue weighted by Gasteiger charge is -2.20. The summed E-state index contributed by atoms with van der Waals surface area (Å²) in [4.78, 5) is 26.2. The van der Waals surface area contributed by atoms with Crippen molar-refractivity contribution in [2.75, 3.05) is 18.4 Å². The SMILES string of the molecule is CCNC(=O)[C@@H]1CC[C@H](n2cnc3c(NCC(c4ccccc4)c4ccccc4)nc(CN)nc32)O1. The van der Waals surface area contributed by atoms with E-state index >= 15 is 0 Å². The van der Waals surface area contributed by atoms with Crippen molar-refractivity contribution in [2.24, 2.45) is 5.73 Å². The largest absolute Gasteiger partial charge is 0.367 e. The highest BCUT2D eigenvalue weighted by molar-refractivity contribution is 5.83. The Bertz CT molecular complexity index is 1270. The van der Waals surface area contributed by atoms with Crippen LogP contribution in [0.15, 0.2) is 67.0 Å². The van der Waals surface area contributed by atoms with Crippen molar-refractivity contribution in [3.05, 3.63) is 83.9 Å². The fourth-order valence-electron chi connectivity index (χ4n) is 4.69. The molecule has 5 rings (SSSR count). The Morgan fingerprint density at radius 3 is 2.42 bits per heavy atom. The third kappa shape index (κ3) is 4.93. The number of nitrogens with one attached hydrogen (secondary N) is 2. The number of likely N-dealkylation sites (N-methyl/N-ethyl adjacent to an activating group) is 1. The highest BCUT2D eigenvalue weighted by Crippen LogP contribution is 2.32. The van der Waals surface area contributed by atoms with E-state index in [1.165, 1.54) is 11.1 Å². The van der Waals surface area contributed by atoms with Crippen LogP contribution >= 0.6 is 0 Å². The van der Waals surface area contributed by atoms with E-state index in [0.717, 1.165) is 0 Å². The second kappa shape index (κ2) is 10.8. The summed E-state index contributed by atoms with van der Waals surface area (Å²) in [7, 11) is 0. The maximum atomic E-state index is 12.2. The van der Waals surface area contributed by atoms with Gasteiger partial charge in [-0.3, -0.25) is 9.36 Å². The van der Waals surface area contributed by atoms with E-state index in [1.807, 2.05) is 23.6 Å². The molecule has 0 aliphatic carbocycles. The Labute approximate surface area is 210 Å². The van der Waals surface area contributed by atoms with Gasteiger partial charge in [0.15, 0.2) is 17.0 Å². The molecule has 9 nitrogen and oxygen atoms in total. The van der Waals surface area contributed by atoms with Gasteiger partial charge >= 0.3 is 0 Å². The molecule has 1 saturated heterocycles. The molecule has 1 aliphatic rings. The first kappa shape index (κ1) is 23.9. The molecule has 0 bridgehead atoms. The van der Waals surface area contributed by atoms with Crippen LogP contribution in [0.25, 0.3) is 11.2 Å². The van der Waals surface area contributed by atoms with Gasteiger partial charge in [-0.2, -0.15) is 0 Å². The van der Waals surface area contributed by atoms with Gasteiger partial charge in [0.2, 0.25) is 5.91 Å². The Balaban J connectivity index is 1.43. The molecule has 0 saturated carbocycles. The lowest BCUT2D eigenvalue weighted by Crippen LogP contribution is -2.34. The zero-order valence-electron chi connectivity index (χ0n) is 20.3. The van der Waals surface area contributed by atoms with Crippen LogP contribution in [0.1, 0.15) is 48.9 Å². The van der Waals surface area contributed by atoms with Crippen LogP contribution in [0, 0.1) is 0 Å². The van der Waals surface area contributed by atoms with Crippen molar-refractivity contribution < 1.29 is 9.53 Å². The van der Waals surface area contributed by atoms with Crippen LogP contribution in [0.2, 0.25) is 0 Å². The number of imidazole rings is 1. The van der Waals surface area contributed by atoms with Gasteiger partial charge in [0.25, 0.3) is 0 Å². The smallest absolute Gasteiger partial charge is 0.249 e. The predicted molar refractivity (Wildman–Crippen MR) is 138 cm³/mol. The maximum Gasteiger partial charge on any atom is 0.249 e. The van der Waals surface area contributed by atoms with Crippen LogP contribution in [0.5, 0.6) is 0 Å². The average molecular weight is 486 g/mol. The first-order valence-electron chi connectivity index (χ1n) is 12.4. The molecule has 2 atom stereocenters. The molecule has 36 heavy (non-hydrogen) atoms. The molecule has 3 heterocycles. The van der Waals surface area contributed by atoms with Gasteiger partial charge in [0, 0.05) is 19.0 Å². The molecule has 1 amide bonds. The number of amides is 1. The molecule has 2 aromatic heterocycles. The predicted octanol–water partition coefficient (Wildman–Crippen LogP) is 3.34. The summed E-state index contributed by atoms with van der Waals surface area (Å²) in [6, 6.07) is 20.8. The second-order valence-corrected chi connectivity index (χ2v) is 8.82. The number of hydrogen-bond donors (Lipinski definition) is 3. The Hall–Kier alpha value is -3.82. The first-order chi connectivity index (χ1) is 17.7.